The Morgan fingerprint density at radius 3 is 2.94 bits per heavy atom. The van der Waals surface area contributed by atoms with Gasteiger partial charge >= 0.3 is 0 Å². The molecule has 2 aromatic heterocycles. The number of nitrogens with zero attached hydrogens (tertiary/aromatic N) is 2. The molecule has 0 saturated heterocycles. The summed E-state index contributed by atoms with van der Waals surface area (Å²) < 4.78 is 0. The quantitative estimate of drug-likeness (QED) is 0.830. The fourth-order valence-corrected chi connectivity index (χ4v) is 3.19. The van der Waals surface area contributed by atoms with Crippen molar-refractivity contribution in [1.29, 1.82) is 0 Å². The average Bonchev–Trinajstić information content (AvgIpc) is 2.87. The van der Waals surface area contributed by atoms with E-state index in [1.54, 1.807) is 11.3 Å². The lowest BCUT2D eigenvalue weighted by atomic mass is 10.2. The molecule has 1 aliphatic rings. The van der Waals surface area contributed by atoms with E-state index in [0.717, 1.165) is 10.2 Å². The highest BCUT2D eigenvalue weighted by molar-refractivity contribution is 7.16. The zero-order valence-corrected chi connectivity index (χ0v) is 10.3. The van der Waals surface area contributed by atoms with E-state index in [1.807, 2.05) is 11.4 Å². The van der Waals surface area contributed by atoms with Gasteiger partial charge in [-0.25, -0.2) is 9.97 Å². The molecule has 1 aliphatic carbocycles. The van der Waals surface area contributed by atoms with Crippen LogP contribution in [0.25, 0.3) is 10.2 Å². The molecule has 0 amide bonds. The number of hydrogen-bond acceptors (Lipinski definition) is 4. The molecule has 84 valence electrons. The van der Waals surface area contributed by atoms with Gasteiger partial charge in [0.25, 0.3) is 0 Å². The van der Waals surface area contributed by atoms with Crippen LogP contribution in [0.4, 0.5) is 5.95 Å². The molecule has 16 heavy (non-hydrogen) atoms. The molecule has 0 spiro atoms. The van der Waals surface area contributed by atoms with Crippen molar-refractivity contribution in [2.24, 2.45) is 0 Å². The Balaban J connectivity index is 1.91. The normalized spacial score (nSPS) is 17.1. The van der Waals surface area contributed by atoms with Crippen LogP contribution in [0, 0.1) is 0 Å². The molecule has 3 nitrogen and oxygen atoms in total. The van der Waals surface area contributed by atoms with Gasteiger partial charge in [0, 0.05) is 11.4 Å². The van der Waals surface area contributed by atoms with Crippen molar-refractivity contribution >= 4 is 39.1 Å². The number of halogens is 1. The number of anilines is 1. The van der Waals surface area contributed by atoms with Crippen LogP contribution >= 0.6 is 22.9 Å². The van der Waals surface area contributed by atoms with E-state index in [9.17, 15) is 0 Å². The second kappa shape index (κ2) is 4.18. The molecule has 2 aromatic rings. The first kappa shape index (κ1) is 10.3. The van der Waals surface area contributed by atoms with Crippen LogP contribution in [0.3, 0.4) is 0 Å². The predicted molar refractivity (Wildman–Crippen MR) is 68.3 cm³/mol. The Labute approximate surface area is 103 Å². The molecule has 1 saturated carbocycles. The van der Waals surface area contributed by atoms with Gasteiger partial charge in [-0.1, -0.05) is 24.4 Å². The number of nitrogens with one attached hydrogen (secondary N) is 1. The number of hydrogen-bond donors (Lipinski definition) is 1. The highest BCUT2D eigenvalue weighted by Crippen LogP contribution is 2.27. The van der Waals surface area contributed by atoms with Gasteiger partial charge in [0.2, 0.25) is 5.95 Å². The van der Waals surface area contributed by atoms with Crippen LogP contribution in [-0.4, -0.2) is 16.0 Å². The summed E-state index contributed by atoms with van der Waals surface area (Å²) in [4.78, 5) is 9.72. The molecule has 0 bridgehead atoms. The largest absolute Gasteiger partial charge is 0.351 e. The zero-order valence-electron chi connectivity index (χ0n) is 8.74. The van der Waals surface area contributed by atoms with Gasteiger partial charge < -0.3 is 5.32 Å². The monoisotopic (exact) mass is 253 g/mol. The molecule has 2 heterocycles. The fraction of sp³-hybridized carbons (Fsp3) is 0.455. The van der Waals surface area contributed by atoms with Crippen LogP contribution in [0.15, 0.2) is 11.4 Å². The third kappa shape index (κ3) is 1.87. The minimum atomic E-state index is 0.522. The van der Waals surface area contributed by atoms with E-state index in [4.69, 9.17) is 11.6 Å². The lowest BCUT2D eigenvalue weighted by molar-refractivity contribution is 0.745. The van der Waals surface area contributed by atoms with Crippen LogP contribution in [0.1, 0.15) is 25.7 Å². The van der Waals surface area contributed by atoms with Gasteiger partial charge in [0.1, 0.15) is 9.98 Å². The third-order valence-corrected chi connectivity index (χ3v) is 4.06. The van der Waals surface area contributed by atoms with E-state index in [0.29, 0.717) is 17.1 Å². The SMILES string of the molecule is Clc1nc(NC2CCCC2)nc2sccc12. The van der Waals surface area contributed by atoms with E-state index >= 15 is 0 Å². The summed E-state index contributed by atoms with van der Waals surface area (Å²) in [5.74, 6) is 0.673. The Morgan fingerprint density at radius 2 is 2.12 bits per heavy atom. The number of rotatable bonds is 2. The first-order valence-corrected chi connectivity index (χ1v) is 6.76. The first-order valence-electron chi connectivity index (χ1n) is 5.50. The van der Waals surface area contributed by atoms with E-state index in [2.05, 4.69) is 15.3 Å². The Kier molecular flexibility index (Phi) is 2.69. The zero-order chi connectivity index (χ0) is 11.0. The summed E-state index contributed by atoms with van der Waals surface area (Å²) in [6.07, 6.45) is 5.02. The van der Waals surface area contributed by atoms with Gasteiger partial charge in [0.15, 0.2) is 0 Å². The molecule has 5 heteroatoms. The van der Waals surface area contributed by atoms with Crippen molar-refractivity contribution < 1.29 is 0 Å². The fourth-order valence-electron chi connectivity index (χ4n) is 2.14. The molecule has 0 aromatic carbocycles. The third-order valence-electron chi connectivity index (χ3n) is 2.97. The maximum atomic E-state index is 6.10. The van der Waals surface area contributed by atoms with Crippen LogP contribution in [-0.2, 0) is 0 Å². The molecule has 0 unspecified atom stereocenters. The Hall–Kier alpha value is -0.870. The summed E-state index contributed by atoms with van der Waals surface area (Å²) >= 11 is 7.70. The summed E-state index contributed by atoms with van der Waals surface area (Å²) in [5.41, 5.74) is 0. The highest BCUT2D eigenvalue weighted by atomic mass is 35.5. The molecule has 3 rings (SSSR count). The maximum Gasteiger partial charge on any atom is 0.225 e. The molecule has 0 aliphatic heterocycles. The summed E-state index contributed by atoms with van der Waals surface area (Å²) in [5, 5.41) is 6.85. The van der Waals surface area contributed by atoms with E-state index in [-0.39, 0.29) is 0 Å². The predicted octanol–water partition coefficient (Wildman–Crippen LogP) is 3.70. The lowest BCUT2D eigenvalue weighted by Crippen LogP contribution is -2.16. The first-order chi connectivity index (χ1) is 7.83. The average molecular weight is 254 g/mol. The molecule has 1 N–H and O–H groups in total. The second-order valence-corrected chi connectivity index (χ2v) is 5.36. The molecular formula is C11H12ClN3S. The smallest absolute Gasteiger partial charge is 0.225 e. The second-order valence-electron chi connectivity index (χ2n) is 4.10. The number of aromatic nitrogens is 2. The van der Waals surface area contributed by atoms with Crippen molar-refractivity contribution in [3.63, 3.8) is 0 Å². The van der Waals surface area contributed by atoms with Gasteiger partial charge in [-0.2, -0.15) is 0 Å². The highest BCUT2D eigenvalue weighted by Gasteiger charge is 2.16. The van der Waals surface area contributed by atoms with Gasteiger partial charge in [-0.05, 0) is 24.3 Å². The van der Waals surface area contributed by atoms with Crippen molar-refractivity contribution in [2.45, 2.75) is 31.7 Å². The van der Waals surface area contributed by atoms with Gasteiger partial charge in [-0.3, -0.25) is 0 Å². The Bertz CT molecular complexity index is 505. The minimum Gasteiger partial charge on any atom is -0.351 e. The van der Waals surface area contributed by atoms with Crippen molar-refractivity contribution in [1.82, 2.24) is 9.97 Å². The molecule has 0 atom stereocenters. The number of thiophene rings is 1. The van der Waals surface area contributed by atoms with Gasteiger partial charge in [-0.15, -0.1) is 11.3 Å². The lowest BCUT2D eigenvalue weighted by Gasteiger charge is -2.11. The maximum absolute atomic E-state index is 6.10. The standard InChI is InChI=1S/C11H12ClN3S/c12-9-8-5-6-16-10(8)15-11(14-9)13-7-3-1-2-4-7/h5-7H,1-4H2,(H,13,14,15). The van der Waals surface area contributed by atoms with Crippen molar-refractivity contribution in [3.8, 4) is 0 Å². The van der Waals surface area contributed by atoms with Crippen LogP contribution in [0.5, 0.6) is 0 Å². The van der Waals surface area contributed by atoms with Crippen molar-refractivity contribution in [3.05, 3.63) is 16.6 Å². The summed E-state index contributed by atoms with van der Waals surface area (Å²) in [7, 11) is 0. The molecule has 0 radical (unpaired) electrons. The molecule has 1 fully saturated rings. The molecular weight excluding hydrogens is 242 g/mol. The minimum absolute atomic E-state index is 0.522. The topological polar surface area (TPSA) is 37.8 Å². The van der Waals surface area contributed by atoms with Crippen LogP contribution < -0.4 is 5.32 Å². The summed E-state index contributed by atoms with van der Waals surface area (Å²) in [6, 6.07) is 2.48. The van der Waals surface area contributed by atoms with Crippen molar-refractivity contribution in [2.75, 3.05) is 5.32 Å². The Morgan fingerprint density at radius 1 is 1.31 bits per heavy atom. The summed E-state index contributed by atoms with van der Waals surface area (Å²) in [6.45, 7) is 0. The van der Waals surface area contributed by atoms with Crippen LogP contribution in [0.2, 0.25) is 5.15 Å². The van der Waals surface area contributed by atoms with E-state index in [1.165, 1.54) is 25.7 Å². The number of fused-ring (bicyclic) bond motifs is 1. The van der Waals surface area contributed by atoms with Gasteiger partial charge in [0.05, 0.1) is 0 Å². The van der Waals surface area contributed by atoms with E-state index < -0.39 is 0 Å².